The Labute approximate surface area is 117 Å². The monoisotopic (exact) mass is 300 g/mol. The second-order valence-corrected chi connectivity index (χ2v) is 5.07. The number of aryl methyl sites for hydroxylation is 1. The van der Waals surface area contributed by atoms with Crippen molar-refractivity contribution in [2.45, 2.75) is 25.6 Å². The molecule has 2 N–H and O–H groups in total. The molecule has 0 amide bonds. The molecule has 1 aromatic heterocycles. The van der Waals surface area contributed by atoms with Crippen LogP contribution in [0.25, 0.3) is 11.4 Å². The van der Waals surface area contributed by atoms with E-state index in [-0.39, 0.29) is 36.5 Å². The van der Waals surface area contributed by atoms with Crippen LogP contribution in [0, 0.1) is 11.7 Å². The van der Waals surface area contributed by atoms with Gasteiger partial charge in [0.05, 0.1) is 11.5 Å². The zero-order chi connectivity index (χ0) is 15.2. The van der Waals surface area contributed by atoms with E-state index in [1.165, 1.54) is 16.7 Å². The molecule has 1 aliphatic heterocycles. The Hall–Kier alpha value is -2.12. The van der Waals surface area contributed by atoms with Crippen molar-refractivity contribution in [1.82, 2.24) is 14.8 Å². The first-order valence-electron chi connectivity index (χ1n) is 6.40. The molecule has 0 saturated carbocycles. The number of halogens is 4. The molecule has 21 heavy (non-hydrogen) atoms. The first-order chi connectivity index (χ1) is 9.86. The average molecular weight is 300 g/mol. The third kappa shape index (κ3) is 2.45. The zero-order valence-corrected chi connectivity index (χ0v) is 10.9. The van der Waals surface area contributed by atoms with Gasteiger partial charge in [0.1, 0.15) is 11.6 Å². The van der Waals surface area contributed by atoms with E-state index in [0.29, 0.717) is 5.82 Å². The number of fused-ring (bicyclic) bond motifs is 1. The highest BCUT2D eigenvalue weighted by Gasteiger charge is 2.42. The van der Waals surface area contributed by atoms with Gasteiger partial charge in [0.2, 0.25) is 0 Å². The number of hydrogen-bond acceptors (Lipinski definition) is 3. The van der Waals surface area contributed by atoms with E-state index < -0.39 is 17.9 Å². The maximum atomic E-state index is 13.9. The van der Waals surface area contributed by atoms with Crippen molar-refractivity contribution in [2.75, 3.05) is 5.73 Å². The Morgan fingerprint density at radius 3 is 2.67 bits per heavy atom. The van der Waals surface area contributed by atoms with E-state index in [1.807, 2.05) is 0 Å². The van der Waals surface area contributed by atoms with E-state index in [4.69, 9.17) is 5.73 Å². The highest BCUT2D eigenvalue weighted by Crippen LogP contribution is 2.36. The lowest BCUT2D eigenvalue weighted by atomic mass is 9.98. The fourth-order valence-corrected chi connectivity index (χ4v) is 2.51. The minimum absolute atomic E-state index is 0.0220. The molecule has 2 heterocycles. The Morgan fingerprint density at radius 1 is 1.24 bits per heavy atom. The van der Waals surface area contributed by atoms with E-state index in [0.717, 1.165) is 6.07 Å². The highest BCUT2D eigenvalue weighted by atomic mass is 19.4. The molecule has 0 saturated heterocycles. The second kappa shape index (κ2) is 4.71. The predicted molar refractivity (Wildman–Crippen MR) is 67.7 cm³/mol. The largest absolute Gasteiger partial charge is 0.399 e. The first-order valence-corrected chi connectivity index (χ1v) is 6.40. The van der Waals surface area contributed by atoms with Crippen LogP contribution in [0.4, 0.5) is 23.2 Å². The molecule has 8 heteroatoms. The smallest absolute Gasteiger partial charge is 0.393 e. The number of aromatic nitrogens is 3. The molecule has 1 atom stereocenters. The minimum atomic E-state index is -4.28. The molecule has 4 nitrogen and oxygen atoms in total. The van der Waals surface area contributed by atoms with Crippen LogP contribution in [0.5, 0.6) is 0 Å². The summed E-state index contributed by atoms with van der Waals surface area (Å²) in [5, 5.41) is 7.70. The normalized spacial score (nSPS) is 18.6. The molecular formula is C13H12F4N4. The number of alkyl halides is 3. The average Bonchev–Trinajstić information content (AvgIpc) is 2.80. The predicted octanol–water partition coefficient (Wildman–Crippen LogP) is 2.79. The zero-order valence-electron chi connectivity index (χ0n) is 10.9. The molecule has 0 bridgehead atoms. The van der Waals surface area contributed by atoms with E-state index in [2.05, 4.69) is 10.2 Å². The molecule has 0 spiro atoms. The van der Waals surface area contributed by atoms with Crippen LogP contribution in [0.15, 0.2) is 18.2 Å². The van der Waals surface area contributed by atoms with Gasteiger partial charge in [-0.2, -0.15) is 13.2 Å². The molecular weight excluding hydrogens is 288 g/mol. The summed E-state index contributed by atoms with van der Waals surface area (Å²) >= 11 is 0. The van der Waals surface area contributed by atoms with Gasteiger partial charge in [-0.3, -0.25) is 0 Å². The van der Waals surface area contributed by atoms with Gasteiger partial charge in [-0.05, 0) is 24.6 Å². The summed E-state index contributed by atoms with van der Waals surface area (Å²) in [6.07, 6.45) is -4.13. The van der Waals surface area contributed by atoms with Gasteiger partial charge >= 0.3 is 6.18 Å². The lowest BCUT2D eigenvalue weighted by Gasteiger charge is -2.26. The van der Waals surface area contributed by atoms with Gasteiger partial charge in [-0.15, -0.1) is 10.2 Å². The molecule has 1 unspecified atom stereocenters. The fourth-order valence-electron chi connectivity index (χ4n) is 2.51. The van der Waals surface area contributed by atoms with Gasteiger partial charge in [0.15, 0.2) is 5.82 Å². The number of nitrogens with zero attached hydrogens (tertiary/aromatic N) is 3. The summed E-state index contributed by atoms with van der Waals surface area (Å²) in [4.78, 5) is 0. The number of anilines is 1. The van der Waals surface area contributed by atoms with Crippen LogP contribution in [-0.2, 0) is 13.0 Å². The number of hydrogen-bond donors (Lipinski definition) is 1. The third-order valence-corrected chi connectivity index (χ3v) is 3.64. The minimum Gasteiger partial charge on any atom is -0.399 e. The van der Waals surface area contributed by atoms with Crippen LogP contribution < -0.4 is 5.73 Å². The molecule has 1 aliphatic rings. The van der Waals surface area contributed by atoms with Crippen LogP contribution in [0.2, 0.25) is 0 Å². The Morgan fingerprint density at radius 2 is 2.00 bits per heavy atom. The van der Waals surface area contributed by atoms with Crippen LogP contribution >= 0.6 is 0 Å². The lowest BCUT2D eigenvalue weighted by Crippen LogP contribution is -2.32. The quantitative estimate of drug-likeness (QED) is 0.651. The first kappa shape index (κ1) is 13.8. The Kier molecular flexibility index (Phi) is 3.11. The summed E-state index contributed by atoms with van der Waals surface area (Å²) < 4.78 is 53.9. The topological polar surface area (TPSA) is 56.7 Å². The van der Waals surface area contributed by atoms with Crippen molar-refractivity contribution in [2.24, 2.45) is 5.92 Å². The van der Waals surface area contributed by atoms with Gasteiger partial charge in [-0.25, -0.2) is 4.39 Å². The van der Waals surface area contributed by atoms with E-state index >= 15 is 0 Å². The van der Waals surface area contributed by atoms with Crippen LogP contribution in [0.3, 0.4) is 0 Å². The molecule has 0 radical (unpaired) electrons. The van der Waals surface area contributed by atoms with Gasteiger partial charge in [0, 0.05) is 18.7 Å². The van der Waals surface area contributed by atoms with Crippen molar-refractivity contribution in [3.05, 3.63) is 29.8 Å². The molecule has 0 aliphatic carbocycles. The molecule has 3 rings (SSSR count). The summed E-state index contributed by atoms with van der Waals surface area (Å²) in [5.41, 5.74) is 5.81. The van der Waals surface area contributed by atoms with Crippen molar-refractivity contribution in [1.29, 1.82) is 0 Å². The Bertz CT molecular complexity index is 677. The maximum Gasteiger partial charge on any atom is 0.393 e. The standard InChI is InChI=1S/C13H12F4N4/c14-10-5-8(18)2-3-9(10)12-20-19-11-4-1-7(6-21(11)12)13(15,16)17/h2-3,5,7H,1,4,6,18H2. The van der Waals surface area contributed by atoms with Gasteiger partial charge in [0.25, 0.3) is 0 Å². The third-order valence-electron chi connectivity index (χ3n) is 3.64. The van der Waals surface area contributed by atoms with Crippen molar-refractivity contribution in [3.63, 3.8) is 0 Å². The second-order valence-electron chi connectivity index (χ2n) is 5.07. The SMILES string of the molecule is Nc1ccc(-c2nnc3n2CC(C(F)(F)F)CC3)c(F)c1. The molecule has 112 valence electrons. The summed E-state index contributed by atoms with van der Waals surface area (Å²) in [7, 11) is 0. The van der Waals surface area contributed by atoms with Gasteiger partial charge < -0.3 is 10.3 Å². The highest BCUT2D eigenvalue weighted by molar-refractivity contribution is 5.60. The number of nitrogens with two attached hydrogens (primary N) is 1. The number of nitrogen functional groups attached to an aromatic ring is 1. The molecule has 0 fully saturated rings. The van der Waals surface area contributed by atoms with Crippen molar-refractivity contribution in [3.8, 4) is 11.4 Å². The van der Waals surface area contributed by atoms with Crippen LogP contribution in [0.1, 0.15) is 12.2 Å². The van der Waals surface area contributed by atoms with Crippen LogP contribution in [-0.4, -0.2) is 20.9 Å². The van der Waals surface area contributed by atoms with E-state index in [1.54, 1.807) is 0 Å². The maximum absolute atomic E-state index is 13.9. The van der Waals surface area contributed by atoms with Crippen molar-refractivity contribution >= 4 is 5.69 Å². The summed E-state index contributed by atoms with van der Waals surface area (Å²) in [6.45, 7) is -0.287. The van der Waals surface area contributed by atoms with E-state index in [9.17, 15) is 17.6 Å². The fraction of sp³-hybridized carbons (Fsp3) is 0.385. The van der Waals surface area contributed by atoms with Gasteiger partial charge in [-0.1, -0.05) is 0 Å². The lowest BCUT2D eigenvalue weighted by molar-refractivity contribution is -0.182. The summed E-state index contributed by atoms with van der Waals surface area (Å²) in [5.74, 6) is -1.53. The summed E-state index contributed by atoms with van der Waals surface area (Å²) in [6, 6.07) is 3.99. The molecule has 1 aromatic carbocycles. The molecule has 2 aromatic rings. The Balaban J connectivity index is 2.02. The number of benzene rings is 1. The van der Waals surface area contributed by atoms with Crippen molar-refractivity contribution < 1.29 is 17.6 Å². The number of rotatable bonds is 1.